The number of benzene rings is 3. The fraction of sp³-hybridized carbons (Fsp3) is 0.282. The Morgan fingerprint density at radius 3 is 2.39 bits per heavy atom. The van der Waals surface area contributed by atoms with Gasteiger partial charge < -0.3 is 29.1 Å². The van der Waals surface area contributed by atoms with E-state index in [0.29, 0.717) is 36.6 Å². The Hall–Kier alpha value is -5.96. The average Bonchev–Trinajstić information content (AvgIpc) is 3.60. The summed E-state index contributed by atoms with van der Waals surface area (Å²) in [4.78, 5) is 65.5. The number of carbonyl (C=O) groups excluding carboxylic acids is 5. The van der Waals surface area contributed by atoms with Crippen LogP contribution >= 0.6 is 11.8 Å². The second-order valence-corrected chi connectivity index (χ2v) is 13.1. The van der Waals surface area contributed by atoms with Gasteiger partial charge in [-0.3, -0.25) is 29.0 Å². The molecule has 2 aliphatic rings. The monoisotopic (exact) mass is 792 g/mol. The zero-order valence-corrected chi connectivity index (χ0v) is 30.7. The molecule has 0 aliphatic carbocycles. The summed E-state index contributed by atoms with van der Waals surface area (Å²) in [5.74, 6) is -2.14. The lowest BCUT2D eigenvalue weighted by Gasteiger charge is -2.20. The summed E-state index contributed by atoms with van der Waals surface area (Å²) in [6, 6.07) is 12.8. The topological polar surface area (TPSA) is 165 Å². The zero-order valence-electron chi connectivity index (χ0n) is 29.9. The first-order valence-electron chi connectivity index (χ1n) is 17.1. The van der Waals surface area contributed by atoms with Gasteiger partial charge in [0.05, 0.1) is 79.4 Å². The van der Waals surface area contributed by atoms with Gasteiger partial charge in [0.25, 0.3) is 23.0 Å². The molecular weight excluding hydrogens is 758 g/mol. The Bertz CT molecular complexity index is 2100. The first-order chi connectivity index (χ1) is 26.9. The van der Waals surface area contributed by atoms with Gasteiger partial charge in [0.1, 0.15) is 12.0 Å². The molecule has 0 aromatic heterocycles. The van der Waals surface area contributed by atoms with E-state index in [-0.39, 0.29) is 72.5 Å². The number of imide groups is 2. The number of carbonyl (C=O) groups is 5. The van der Waals surface area contributed by atoms with Gasteiger partial charge in [-0.05, 0) is 78.7 Å². The normalized spacial score (nSPS) is 15.2. The van der Waals surface area contributed by atoms with Crippen molar-refractivity contribution in [3.05, 3.63) is 100.0 Å². The highest BCUT2D eigenvalue weighted by Crippen LogP contribution is 2.42. The van der Waals surface area contributed by atoms with Crippen LogP contribution in [0, 0.1) is 11.3 Å². The van der Waals surface area contributed by atoms with Crippen LogP contribution in [-0.2, 0) is 25.2 Å². The van der Waals surface area contributed by atoms with Gasteiger partial charge in [-0.25, -0.2) is 0 Å². The van der Waals surface area contributed by atoms with E-state index in [1.54, 1.807) is 30.3 Å². The lowest BCUT2D eigenvalue weighted by Crippen LogP contribution is -2.40. The number of fused-ring (bicyclic) bond motifs is 1. The molecule has 1 atom stereocenters. The minimum atomic E-state index is -4.78. The van der Waals surface area contributed by atoms with Crippen LogP contribution in [0.25, 0.3) is 6.08 Å². The number of alkyl halides is 3. The number of nitrogens with one attached hydrogen (secondary N) is 1. The summed E-state index contributed by atoms with van der Waals surface area (Å²) in [6.45, 7) is 4.52. The van der Waals surface area contributed by atoms with Crippen LogP contribution in [0.3, 0.4) is 0 Å². The molecule has 1 N–H and O–H groups in total. The molecule has 2 aliphatic heterocycles. The van der Waals surface area contributed by atoms with Crippen molar-refractivity contribution in [1.29, 1.82) is 5.26 Å². The predicted molar refractivity (Wildman–Crippen MR) is 198 cm³/mol. The Morgan fingerprint density at radius 1 is 0.946 bits per heavy atom. The maximum atomic E-state index is 13.6. The number of amides is 4. The van der Waals surface area contributed by atoms with E-state index >= 15 is 0 Å². The molecule has 0 radical (unpaired) electrons. The number of hydrogen-bond donors (Lipinski definition) is 1. The first-order valence-corrected chi connectivity index (χ1v) is 17.9. The minimum absolute atomic E-state index is 0.0206. The molecule has 17 heteroatoms. The van der Waals surface area contributed by atoms with Crippen molar-refractivity contribution in [2.24, 2.45) is 0 Å². The zero-order chi connectivity index (χ0) is 40.4. The molecule has 56 heavy (non-hydrogen) atoms. The van der Waals surface area contributed by atoms with Gasteiger partial charge in [0.15, 0.2) is 11.5 Å². The highest BCUT2D eigenvalue weighted by Gasteiger charge is 2.41. The van der Waals surface area contributed by atoms with Gasteiger partial charge in [-0.2, -0.15) is 18.4 Å². The van der Waals surface area contributed by atoms with Crippen LogP contribution in [0.15, 0.2) is 72.2 Å². The van der Waals surface area contributed by atoms with Gasteiger partial charge in [0, 0.05) is 12.2 Å². The molecule has 0 bridgehead atoms. The molecule has 1 saturated heterocycles. The number of halogens is 3. The van der Waals surface area contributed by atoms with Crippen molar-refractivity contribution >= 4 is 52.8 Å². The molecule has 3 aromatic carbocycles. The summed E-state index contributed by atoms with van der Waals surface area (Å²) < 4.78 is 62.9. The predicted octanol–water partition coefficient (Wildman–Crippen LogP) is 6.69. The van der Waals surface area contributed by atoms with Gasteiger partial charge >= 0.3 is 6.18 Å². The number of thioether (sulfide) groups is 1. The van der Waals surface area contributed by atoms with Crippen LogP contribution in [0.1, 0.15) is 50.2 Å². The summed E-state index contributed by atoms with van der Waals surface area (Å²) in [6.07, 6.45) is -0.380. The molecule has 0 spiro atoms. The minimum Gasteiger partial charge on any atom is -0.493 e. The van der Waals surface area contributed by atoms with E-state index in [1.807, 2.05) is 0 Å². The number of aldehydes is 1. The number of nitrogens with zero attached hydrogens (tertiary/aromatic N) is 3. The van der Waals surface area contributed by atoms with Gasteiger partial charge in [-0.15, -0.1) is 6.58 Å². The molecule has 5 rings (SSSR count). The Labute approximate surface area is 323 Å². The fourth-order valence-electron chi connectivity index (χ4n) is 5.77. The lowest BCUT2D eigenvalue weighted by atomic mass is 10.1. The number of rotatable bonds is 19. The van der Waals surface area contributed by atoms with Gasteiger partial charge in [0.2, 0.25) is 0 Å². The summed E-state index contributed by atoms with van der Waals surface area (Å²) in [7, 11) is 1.29. The number of nitriles is 1. The van der Waals surface area contributed by atoms with Crippen molar-refractivity contribution in [2.45, 2.75) is 25.1 Å². The molecule has 4 amide bonds. The van der Waals surface area contributed by atoms with Crippen molar-refractivity contribution in [3.63, 3.8) is 0 Å². The summed E-state index contributed by atoms with van der Waals surface area (Å²) >= 11 is 0.720. The molecule has 1 unspecified atom stereocenters. The van der Waals surface area contributed by atoms with Crippen LogP contribution in [0.2, 0.25) is 0 Å². The molecule has 1 fully saturated rings. The molecule has 3 aromatic rings. The molecule has 292 valence electrons. The van der Waals surface area contributed by atoms with Gasteiger partial charge in [-0.1, -0.05) is 18.2 Å². The number of anilines is 1. The maximum Gasteiger partial charge on any atom is 0.420 e. The van der Waals surface area contributed by atoms with E-state index in [4.69, 9.17) is 24.2 Å². The van der Waals surface area contributed by atoms with Crippen LogP contribution in [0.5, 0.6) is 17.2 Å². The Kier molecular flexibility index (Phi) is 13.7. The smallest absolute Gasteiger partial charge is 0.420 e. The van der Waals surface area contributed by atoms with E-state index in [2.05, 4.69) is 11.9 Å². The third-order valence-electron chi connectivity index (χ3n) is 8.49. The number of ether oxygens (including phenoxy) is 4. The second-order valence-electron chi connectivity index (χ2n) is 12.1. The number of hydrogen-bond acceptors (Lipinski definition) is 12. The van der Waals surface area contributed by atoms with E-state index in [9.17, 15) is 37.1 Å². The van der Waals surface area contributed by atoms with E-state index in [0.717, 1.165) is 27.6 Å². The van der Waals surface area contributed by atoms with Crippen LogP contribution in [-0.4, -0.2) is 91.7 Å². The Balaban J connectivity index is 1.06. The molecule has 0 saturated carbocycles. The van der Waals surface area contributed by atoms with Crippen molar-refractivity contribution in [2.75, 3.05) is 51.9 Å². The third-order valence-corrected chi connectivity index (χ3v) is 9.40. The first kappa shape index (κ1) is 41.2. The average molecular weight is 793 g/mol. The summed E-state index contributed by atoms with van der Waals surface area (Å²) in [5.41, 5.74) is -0.0476. The van der Waals surface area contributed by atoms with Crippen molar-refractivity contribution in [3.8, 4) is 23.3 Å². The van der Waals surface area contributed by atoms with E-state index < -0.39 is 46.5 Å². The number of allylic oxidation sites excluding steroid dienone is 1. The van der Waals surface area contributed by atoms with Crippen molar-refractivity contribution < 1.29 is 56.1 Å². The van der Waals surface area contributed by atoms with Crippen LogP contribution in [0.4, 0.5) is 23.7 Å². The second kappa shape index (κ2) is 18.6. The standard InChI is InChI=1S/C39H35F3N4O9S/c1-3-4-6-26(23-47)46-35(48)27-7-5-8-29(34(27)37(46)50)44-13-15-53-17-18-54-16-14-45-36(49)33(56-38(45)51)21-24-9-12-31(32(20-24)52-2)55-30-11-10-25(22-43)19-28(30)39(40,41)42/h3,5,7-12,19-21,23,26,44H,1,4,6,13-18H2,2H3/b33-21-. The molecule has 2 heterocycles. The SMILES string of the molecule is C=CCCC(C=O)N1C(=O)c2cccc(NCCOCCOCCN3C(=O)S/C(=C\c4ccc(Oc5ccc(C#N)cc5C(F)(F)F)c(OC)c4)C3=O)c2C1=O. The largest absolute Gasteiger partial charge is 0.493 e. The molecule has 13 nitrogen and oxygen atoms in total. The number of methoxy groups -OCH3 is 1. The fourth-order valence-corrected chi connectivity index (χ4v) is 6.63. The highest BCUT2D eigenvalue weighted by atomic mass is 32.2. The third kappa shape index (κ3) is 9.45. The molecular formula is C39H35F3N4O9S. The summed E-state index contributed by atoms with van der Waals surface area (Å²) in [5, 5.41) is 11.6. The lowest BCUT2D eigenvalue weighted by molar-refractivity contribution is -0.138. The highest BCUT2D eigenvalue weighted by molar-refractivity contribution is 8.18. The van der Waals surface area contributed by atoms with E-state index in [1.165, 1.54) is 37.5 Å². The van der Waals surface area contributed by atoms with Crippen LogP contribution < -0.4 is 14.8 Å². The van der Waals surface area contributed by atoms with Crippen molar-refractivity contribution in [1.82, 2.24) is 9.80 Å². The Morgan fingerprint density at radius 2 is 1.70 bits per heavy atom. The quantitative estimate of drug-likeness (QED) is 0.0451. The maximum absolute atomic E-state index is 13.6.